The van der Waals surface area contributed by atoms with Crippen molar-refractivity contribution >= 4 is 94.7 Å². The molecule has 0 N–H and O–H groups in total. The summed E-state index contributed by atoms with van der Waals surface area (Å²) in [6.45, 7) is 0. The Labute approximate surface area is 152 Å². The Morgan fingerprint density at radius 3 is 0.471 bits per heavy atom. The van der Waals surface area contributed by atoms with E-state index in [0.717, 1.165) is 0 Å². The van der Waals surface area contributed by atoms with E-state index in [9.17, 15) is 0 Å². The van der Waals surface area contributed by atoms with Crippen LogP contribution in [0, 0.1) is 0 Å². The van der Waals surface area contributed by atoms with Crippen LogP contribution in [0.2, 0.25) is 0 Å². The van der Waals surface area contributed by atoms with Crippen molar-refractivity contribution in [3.05, 3.63) is 0 Å². The smallest absolute Gasteiger partial charge is 2.00 e. The Bertz CT molecular complexity index is 343. The maximum absolute atomic E-state index is 8.63. The molecule has 17 heavy (non-hydrogen) atoms. The van der Waals surface area contributed by atoms with E-state index in [4.69, 9.17) is 39.5 Å². The van der Waals surface area contributed by atoms with Gasteiger partial charge in [0.1, 0.15) is 0 Å². The third-order valence-electron chi connectivity index (χ3n) is 0. The van der Waals surface area contributed by atoms with Gasteiger partial charge in [-0.25, -0.2) is 0 Å². The van der Waals surface area contributed by atoms with Gasteiger partial charge in [0.15, 0.2) is 0 Å². The number of rotatable bonds is 0. The van der Waals surface area contributed by atoms with E-state index >= 15 is 0 Å². The predicted molar refractivity (Wildman–Crippen MR) is 27.1 cm³/mol. The topological polar surface area (TPSA) is 241 Å². The third-order valence-corrected chi connectivity index (χ3v) is 0. The molecule has 12 nitrogen and oxygen atoms in total. The quantitative estimate of drug-likeness (QED) is 0.208. The SMILES string of the molecule is O=[Te](=O)([O-])[O-].O=[Te](=O)([O-])[O-].O=[Te](=O)([O-])[O-].[Ca+2].[W+4]. The van der Waals surface area contributed by atoms with Crippen LogP contribution < -0.4 is 20.8 Å². The van der Waals surface area contributed by atoms with Gasteiger partial charge in [0.25, 0.3) is 0 Å². The van der Waals surface area contributed by atoms with Crippen molar-refractivity contribution in [1.82, 2.24) is 0 Å². The molecule has 0 saturated heterocycles. The molecule has 0 aliphatic carbocycles. The van der Waals surface area contributed by atoms with Gasteiger partial charge in [-0.1, -0.05) is 0 Å². The monoisotopic (exact) mass is 806 g/mol. The van der Waals surface area contributed by atoms with Crippen LogP contribution in [0.5, 0.6) is 0 Å². The van der Waals surface area contributed by atoms with Crippen LogP contribution in [0.4, 0.5) is 0 Å². The fourth-order valence-corrected chi connectivity index (χ4v) is 0. The van der Waals surface area contributed by atoms with Crippen molar-refractivity contribution in [3.8, 4) is 0 Å². The molecule has 0 saturated carbocycles. The molecule has 0 radical (unpaired) electrons. The summed E-state index contributed by atoms with van der Waals surface area (Å²) in [5.41, 5.74) is 0. The average Bonchev–Trinajstić information content (AvgIpc) is 1.41. The first kappa shape index (κ1) is 32.0. The molecule has 0 aromatic carbocycles. The van der Waals surface area contributed by atoms with Gasteiger partial charge < -0.3 is 0 Å². The van der Waals surface area contributed by atoms with Gasteiger partial charge in [-0.05, 0) is 0 Å². The summed E-state index contributed by atoms with van der Waals surface area (Å²) in [6, 6.07) is 0. The molecule has 0 rings (SSSR count). The van der Waals surface area contributed by atoms with Gasteiger partial charge in [0, 0.05) is 0 Å². The fraction of sp³-hybridized carbons (Fsp3) is 0. The largest absolute Gasteiger partial charge is 4.00 e. The average molecular weight is 799 g/mol. The molecule has 0 aliphatic rings. The molecule has 0 fully saturated rings. The maximum Gasteiger partial charge on any atom is 4.00 e. The maximum atomic E-state index is 8.63. The molecule has 0 aromatic heterocycles. The van der Waals surface area contributed by atoms with Crippen LogP contribution in [0.25, 0.3) is 0 Å². The molecule has 17 heteroatoms. The van der Waals surface area contributed by atoms with E-state index in [2.05, 4.69) is 0 Å². The molecule has 0 aliphatic heterocycles. The second-order valence-corrected chi connectivity index (χ2v) is 8.22. The second-order valence-electron chi connectivity index (χ2n) is 1.22. The Morgan fingerprint density at radius 2 is 0.471 bits per heavy atom. The Hall–Kier alpha value is 2.88. The van der Waals surface area contributed by atoms with Crippen LogP contribution in [-0.2, 0) is 39.7 Å². The predicted octanol–water partition coefficient (Wildman–Crippen LogP) is -9.37. The molecule has 98 valence electrons. The van der Waals surface area contributed by atoms with Gasteiger partial charge in [-0.15, -0.1) is 0 Å². The van der Waals surface area contributed by atoms with Crippen LogP contribution in [0.1, 0.15) is 0 Å². The minimum absolute atomic E-state index is 0. The van der Waals surface area contributed by atoms with Crippen LogP contribution >= 0.6 is 0 Å². The minimum atomic E-state index is -6.02. The third kappa shape index (κ3) is 650. The molecule has 0 bridgehead atoms. The molecule has 0 amide bonds. The minimum Gasteiger partial charge on any atom is 2.00 e. The Kier molecular flexibility index (Phi) is 26.1. The number of hydrogen-bond acceptors (Lipinski definition) is 12. The molecule has 0 atom stereocenters. The molecule has 0 heterocycles. The summed E-state index contributed by atoms with van der Waals surface area (Å²) < 4.78 is 104. The van der Waals surface area contributed by atoms with Crippen LogP contribution in [-0.4, -0.2) is 94.7 Å². The Morgan fingerprint density at radius 1 is 0.471 bits per heavy atom. The summed E-state index contributed by atoms with van der Waals surface area (Å²) in [5.74, 6) is 0. The van der Waals surface area contributed by atoms with Crippen molar-refractivity contribution in [3.63, 3.8) is 0 Å². The summed E-state index contributed by atoms with van der Waals surface area (Å²) in [6.07, 6.45) is 0. The van der Waals surface area contributed by atoms with Gasteiger partial charge in [-0.3, -0.25) is 0 Å². The second kappa shape index (κ2) is 13.8. The van der Waals surface area contributed by atoms with E-state index in [0.29, 0.717) is 0 Å². The fourth-order valence-electron chi connectivity index (χ4n) is 0. The van der Waals surface area contributed by atoms with Gasteiger partial charge in [-0.2, -0.15) is 0 Å². The first-order chi connectivity index (χ1) is 6.00. The van der Waals surface area contributed by atoms with Crippen LogP contribution in [0.15, 0.2) is 0 Å². The van der Waals surface area contributed by atoms with Crippen molar-refractivity contribution in [2.75, 3.05) is 0 Å². The summed E-state index contributed by atoms with van der Waals surface area (Å²) >= 11 is -18.1. The van der Waals surface area contributed by atoms with E-state index in [-0.39, 0.29) is 58.8 Å². The number of hydrogen-bond donors (Lipinski definition) is 0. The first-order valence-electron chi connectivity index (χ1n) is 2.00. The zero-order chi connectivity index (χ0) is 13.5. The van der Waals surface area contributed by atoms with Crippen molar-refractivity contribution < 1.29 is 60.5 Å². The van der Waals surface area contributed by atoms with E-state index in [1.165, 1.54) is 0 Å². The zero-order valence-electron chi connectivity index (χ0n) is 7.24. The summed E-state index contributed by atoms with van der Waals surface area (Å²) in [5, 5.41) is 0. The molecule has 0 unspecified atom stereocenters. The van der Waals surface area contributed by atoms with Crippen molar-refractivity contribution in [2.45, 2.75) is 0 Å². The standard InChI is InChI=1S/Ca.3H2O4Te.W/c;3*1-5(2,3)4;/h;3*(H2,1,2,3,4);/q+2;;;;+4/p-6. The van der Waals surface area contributed by atoms with E-state index in [1.54, 1.807) is 0 Å². The summed E-state index contributed by atoms with van der Waals surface area (Å²) in [7, 11) is 0. The van der Waals surface area contributed by atoms with Gasteiger partial charge >= 0.3 is 155 Å². The van der Waals surface area contributed by atoms with Gasteiger partial charge in [0.05, 0.1) is 0 Å². The molecule has 0 aromatic rings. The Balaban J connectivity index is -0.0000000400. The normalized spacial score (nSPS) is 10.2. The first-order valence-corrected chi connectivity index (χ1v) is 13.4. The van der Waals surface area contributed by atoms with Gasteiger partial charge in [0.2, 0.25) is 0 Å². The van der Waals surface area contributed by atoms with Crippen molar-refractivity contribution in [2.24, 2.45) is 0 Å². The zero-order valence-corrected chi connectivity index (χ0v) is 19.4. The molecular formula is CaO12Te3W. The van der Waals surface area contributed by atoms with Crippen LogP contribution in [0.3, 0.4) is 0 Å². The summed E-state index contributed by atoms with van der Waals surface area (Å²) in [4.78, 5) is 0. The molecule has 0 spiro atoms. The van der Waals surface area contributed by atoms with E-state index in [1.807, 2.05) is 0 Å². The molecular weight excluding hydrogens is 799 g/mol. The van der Waals surface area contributed by atoms with Crippen molar-refractivity contribution in [1.29, 1.82) is 0 Å². The van der Waals surface area contributed by atoms with E-state index < -0.39 is 56.9 Å².